The van der Waals surface area contributed by atoms with Gasteiger partial charge in [0.2, 0.25) is 0 Å². The average molecular weight is 445 g/mol. The first-order chi connectivity index (χ1) is 14.6. The number of halogens is 1. The molecule has 0 radical (unpaired) electrons. The third-order valence-corrected chi connectivity index (χ3v) is 6.92. The number of carbonyl (C=O) groups is 2. The second kappa shape index (κ2) is 9.62. The lowest BCUT2D eigenvalue weighted by Gasteiger charge is -2.38. The zero-order chi connectivity index (χ0) is 20.9. The van der Waals surface area contributed by atoms with E-state index in [9.17, 15) is 9.59 Å². The Balaban J connectivity index is 1.24. The number of piperidine rings is 1. The van der Waals surface area contributed by atoms with Crippen molar-refractivity contribution >= 4 is 46.5 Å². The zero-order valence-corrected chi connectivity index (χ0v) is 18.3. The minimum atomic E-state index is -0.399. The van der Waals surface area contributed by atoms with E-state index in [0.29, 0.717) is 32.1 Å². The number of thiophene rings is 1. The molecule has 2 amide bonds. The van der Waals surface area contributed by atoms with Crippen LogP contribution in [-0.2, 0) is 9.59 Å². The number of anilines is 1. The van der Waals surface area contributed by atoms with E-state index in [1.807, 2.05) is 48.8 Å². The highest BCUT2D eigenvalue weighted by atomic mass is 35.5. The molecular formula is C22H25ClN4O2S. The van der Waals surface area contributed by atoms with Crippen molar-refractivity contribution in [1.82, 2.24) is 14.8 Å². The molecule has 0 atom stereocenters. The fourth-order valence-corrected chi connectivity index (χ4v) is 5.01. The van der Waals surface area contributed by atoms with Crippen molar-refractivity contribution in [2.24, 2.45) is 5.92 Å². The standard InChI is InChI=1S/C22H25ClN4O2S/c23-20-4-3-19(30-20)2-1-11-26-14-15-27(22(29)21(26)28)16-17-7-12-25(13-8-17)18-5-9-24-10-6-18/h1-6,9-10,17H,7-8,11-16H2. The Hall–Kier alpha value is -2.38. The molecule has 8 heteroatoms. The summed E-state index contributed by atoms with van der Waals surface area (Å²) in [4.78, 5) is 36.0. The third-order valence-electron chi connectivity index (χ3n) is 5.72. The first-order valence-corrected chi connectivity index (χ1v) is 11.4. The molecule has 2 aromatic heterocycles. The van der Waals surface area contributed by atoms with Crippen molar-refractivity contribution < 1.29 is 9.59 Å². The molecule has 0 aromatic carbocycles. The SMILES string of the molecule is O=C1C(=O)N(CC2CCN(c3ccncc3)CC2)CCN1CC=Cc1ccc(Cl)s1. The van der Waals surface area contributed by atoms with Gasteiger partial charge in [-0.3, -0.25) is 14.6 Å². The second-order valence-electron chi connectivity index (χ2n) is 7.68. The maximum absolute atomic E-state index is 12.6. The molecule has 0 aliphatic carbocycles. The van der Waals surface area contributed by atoms with Crippen LogP contribution in [-0.4, -0.2) is 65.9 Å². The number of piperazine rings is 1. The Bertz CT molecular complexity index is 909. The molecule has 0 N–H and O–H groups in total. The summed E-state index contributed by atoms with van der Waals surface area (Å²) in [6.45, 7) is 4.23. The van der Waals surface area contributed by atoms with Crippen LogP contribution in [0, 0.1) is 5.92 Å². The summed E-state index contributed by atoms with van der Waals surface area (Å²) < 4.78 is 0.737. The van der Waals surface area contributed by atoms with Crippen LogP contribution < -0.4 is 4.90 Å². The number of amides is 2. The van der Waals surface area contributed by atoms with Crippen LogP contribution in [0.15, 0.2) is 42.7 Å². The Kier molecular flexibility index (Phi) is 6.69. The highest BCUT2D eigenvalue weighted by Crippen LogP contribution is 2.24. The van der Waals surface area contributed by atoms with E-state index in [1.165, 1.54) is 17.0 Å². The molecule has 6 nitrogen and oxygen atoms in total. The van der Waals surface area contributed by atoms with E-state index in [2.05, 4.69) is 9.88 Å². The van der Waals surface area contributed by atoms with Crippen molar-refractivity contribution in [3.8, 4) is 0 Å². The minimum Gasteiger partial charge on any atom is -0.371 e. The van der Waals surface area contributed by atoms with Crippen LogP contribution in [0.3, 0.4) is 0 Å². The topological polar surface area (TPSA) is 56.8 Å². The molecular weight excluding hydrogens is 420 g/mol. The first-order valence-electron chi connectivity index (χ1n) is 10.2. The fraction of sp³-hybridized carbons (Fsp3) is 0.409. The van der Waals surface area contributed by atoms with Gasteiger partial charge in [-0.25, -0.2) is 0 Å². The van der Waals surface area contributed by atoms with Crippen LogP contribution in [0.4, 0.5) is 5.69 Å². The van der Waals surface area contributed by atoms with E-state index in [1.54, 1.807) is 9.80 Å². The van der Waals surface area contributed by atoms with E-state index >= 15 is 0 Å². The number of aromatic nitrogens is 1. The summed E-state index contributed by atoms with van der Waals surface area (Å²) in [5.74, 6) is -0.329. The van der Waals surface area contributed by atoms with Crippen molar-refractivity contribution in [2.45, 2.75) is 12.8 Å². The van der Waals surface area contributed by atoms with E-state index in [4.69, 9.17) is 11.6 Å². The normalized spacial score (nSPS) is 18.6. The Labute approximate surface area is 185 Å². The van der Waals surface area contributed by atoms with Gasteiger partial charge in [-0.15, -0.1) is 11.3 Å². The predicted octanol–water partition coefficient (Wildman–Crippen LogP) is 3.40. The smallest absolute Gasteiger partial charge is 0.312 e. The monoisotopic (exact) mass is 444 g/mol. The van der Waals surface area contributed by atoms with Gasteiger partial charge in [-0.2, -0.15) is 0 Å². The van der Waals surface area contributed by atoms with Gasteiger partial charge in [-0.05, 0) is 49.1 Å². The number of hydrogen-bond acceptors (Lipinski definition) is 5. The van der Waals surface area contributed by atoms with Crippen LogP contribution >= 0.6 is 22.9 Å². The van der Waals surface area contributed by atoms with Crippen molar-refractivity contribution in [1.29, 1.82) is 0 Å². The van der Waals surface area contributed by atoms with E-state index < -0.39 is 5.91 Å². The maximum Gasteiger partial charge on any atom is 0.312 e. The minimum absolute atomic E-state index is 0.370. The van der Waals surface area contributed by atoms with Gasteiger partial charge in [0.1, 0.15) is 0 Å². The summed E-state index contributed by atoms with van der Waals surface area (Å²) in [6.07, 6.45) is 9.53. The lowest BCUT2D eigenvalue weighted by atomic mass is 9.95. The molecule has 158 valence electrons. The van der Waals surface area contributed by atoms with Crippen LogP contribution in [0.25, 0.3) is 6.08 Å². The number of pyridine rings is 1. The van der Waals surface area contributed by atoms with Crippen molar-refractivity contribution in [3.05, 3.63) is 51.9 Å². The molecule has 2 aromatic rings. The van der Waals surface area contributed by atoms with Gasteiger partial charge >= 0.3 is 11.8 Å². The number of hydrogen-bond donors (Lipinski definition) is 0. The summed E-state index contributed by atoms with van der Waals surface area (Å²) in [5.41, 5.74) is 1.20. The molecule has 0 saturated carbocycles. The molecule has 30 heavy (non-hydrogen) atoms. The summed E-state index contributed by atoms with van der Waals surface area (Å²) in [5, 5.41) is 0. The fourth-order valence-electron chi connectivity index (χ4n) is 4.02. The summed E-state index contributed by atoms with van der Waals surface area (Å²) in [6, 6.07) is 7.85. The number of rotatable bonds is 6. The molecule has 2 aliphatic heterocycles. The average Bonchev–Trinajstić information content (AvgIpc) is 3.19. The van der Waals surface area contributed by atoms with Gasteiger partial charge < -0.3 is 14.7 Å². The number of nitrogens with zero attached hydrogens (tertiary/aromatic N) is 4. The van der Waals surface area contributed by atoms with Gasteiger partial charge in [0.05, 0.1) is 4.34 Å². The molecule has 0 spiro atoms. The van der Waals surface area contributed by atoms with Gasteiger partial charge in [0.25, 0.3) is 0 Å². The molecule has 0 bridgehead atoms. The maximum atomic E-state index is 12.6. The van der Waals surface area contributed by atoms with Crippen molar-refractivity contribution in [3.63, 3.8) is 0 Å². The predicted molar refractivity (Wildman–Crippen MR) is 121 cm³/mol. The largest absolute Gasteiger partial charge is 0.371 e. The molecule has 2 aliphatic rings. The molecule has 2 saturated heterocycles. The third kappa shape index (κ3) is 5.02. The molecule has 0 unspecified atom stereocenters. The Morgan fingerprint density at radius 3 is 2.40 bits per heavy atom. The second-order valence-corrected chi connectivity index (χ2v) is 9.43. The Morgan fingerprint density at radius 1 is 1.00 bits per heavy atom. The highest BCUT2D eigenvalue weighted by Gasteiger charge is 2.33. The lowest BCUT2D eigenvalue weighted by Crippen LogP contribution is -2.55. The van der Waals surface area contributed by atoms with Crippen LogP contribution in [0.2, 0.25) is 4.34 Å². The number of carbonyl (C=O) groups excluding carboxylic acids is 2. The lowest BCUT2D eigenvalue weighted by molar-refractivity contribution is -0.156. The molecule has 4 heterocycles. The highest BCUT2D eigenvalue weighted by molar-refractivity contribution is 7.16. The quantitative estimate of drug-likeness (QED) is 0.641. The van der Waals surface area contributed by atoms with Crippen LogP contribution in [0.1, 0.15) is 17.7 Å². The van der Waals surface area contributed by atoms with E-state index in [0.717, 1.165) is 35.1 Å². The van der Waals surface area contributed by atoms with Gasteiger partial charge in [-0.1, -0.05) is 17.7 Å². The van der Waals surface area contributed by atoms with Crippen LogP contribution in [0.5, 0.6) is 0 Å². The van der Waals surface area contributed by atoms with Crippen molar-refractivity contribution in [2.75, 3.05) is 44.2 Å². The summed E-state index contributed by atoms with van der Waals surface area (Å²) in [7, 11) is 0. The van der Waals surface area contributed by atoms with E-state index in [-0.39, 0.29) is 5.91 Å². The zero-order valence-electron chi connectivity index (χ0n) is 16.7. The van der Waals surface area contributed by atoms with Gasteiger partial charge in [0.15, 0.2) is 0 Å². The Morgan fingerprint density at radius 2 is 1.70 bits per heavy atom. The molecule has 4 rings (SSSR count). The first kappa shape index (κ1) is 20.9. The molecule has 2 fully saturated rings. The summed E-state index contributed by atoms with van der Waals surface area (Å²) >= 11 is 7.42. The van der Waals surface area contributed by atoms with Gasteiger partial charge in [0, 0.05) is 62.2 Å².